The number of amides is 1. The Kier molecular flexibility index (Phi) is 5.54. The molecule has 2 aromatic rings. The van der Waals surface area contributed by atoms with Crippen LogP contribution in [0.2, 0.25) is 0 Å². The van der Waals surface area contributed by atoms with Crippen molar-refractivity contribution in [3.8, 4) is 11.1 Å². The molecule has 3 nitrogen and oxygen atoms in total. The first-order valence-electron chi connectivity index (χ1n) is 8.93. The van der Waals surface area contributed by atoms with Crippen LogP contribution in [0.1, 0.15) is 43.2 Å². The van der Waals surface area contributed by atoms with Crippen LogP contribution in [0.5, 0.6) is 0 Å². The van der Waals surface area contributed by atoms with Crippen LogP contribution in [0, 0.1) is 0 Å². The Morgan fingerprint density at radius 2 is 1.76 bits per heavy atom. The molecule has 1 amide bonds. The van der Waals surface area contributed by atoms with E-state index in [9.17, 15) is 4.79 Å². The molecule has 0 spiro atoms. The number of ether oxygens (including phenoxy) is 1. The minimum atomic E-state index is -0.340. The predicted molar refractivity (Wildman–Crippen MR) is 102 cm³/mol. The second kappa shape index (κ2) is 8.02. The minimum Gasteiger partial charge on any atom is -0.449 e. The lowest BCUT2D eigenvalue weighted by atomic mass is 9.98. The van der Waals surface area contributed by atoms with Gasteiger partial charge in [-0.3, -0.25) is 0 Å². The van der Waals surface area contributed by atoms with Gasteiger partial charge in [-0.05, 0) is 48.4 Å². The molecule has 130 valence electrons. The van der Waals surface area contributed by atoms with E-state index in [0.717, 1.165) is 19.3 Å². The SMILES string of the molecule is C=CCCCC(C)NC(=O)OCC1c2ccccc2-c2ccccc21. The molecule has 3 heteroatoms. The van der Waals surface area contributed by atoms with Gasteiger partial charge in [0, 0.05) is 12.0 Å². The smallest absolute Gasteiger partial charge is 0.407 e. The fourth-order valence-electron chi connectivity index (χ4n) is 3.48. The Morgan fingerprint density at radius 1 is 1.16 bits per heavy atom. The number of fused-ring (bicyclic) bond motifs is 3. The van der Waals surface area contributed by atoms with Crippen molar-refractivity contribution in [3.63, 3.8) is 0 Å². The van der Waals surface area contributed by atoms with Gasteiger partial charge in [0.1, 0.15) is 6.61 Å². The van der Waals surface area contributed by atoms with E-state index >= 15 is 0 Å². The molecule has 1 N–H and O–H groups in total. The second-order valence-electron chi connectivity index (χ2n) is 6.59. The third-order valence-corrected chi connectivity index (χ3v) is 4.75. The highest BCUT2D eigenvalue weighted by atomic mass is 16.5. The molecule has 1 aliphatic rings. The number of hydrogen-bond acceptors (Lipinski definition) is 2. The summed E-state index contributed by atoms with van der Waals surface area (Å²) in [6, 6.07) is 16.8. The number of unbranched alkanes of at least 4 members (excludes halogenated alkanes) is 1. The lowest BCUT2D eigenvalue weighted by molar-refractivity contribution is 0.139. The molecule has 0 heterocycles. The van der Waals surface area contributed by atoms with Crippen molar-refractivity contribution in [3.05, 3.63) is 72.3 Å². The number of carbonyl (C=O) groups is 1. The van der Waals surface area contributed by atoms with Gasteiger partial charge in [-0.1, -0.05) is 54.6 Å². The summed E-state index contributed by atoms with van der Waals surface area (Å²) in [5.41, 5.74) is 4.95. The molecule has 3 rings (SSSR count). The van der Waals surface area contributed by atoms with Gasteiger partial charge in [-0.25, -0.2) is 4.79 Å². The van der Waals surface area contributed by atoms with Crippen LogP contribution >= 0.6 is 0 Å². The first-order valence-corrected chi connectivity index (χ1v) is 8.93. The molecule has 0 fully saturated rings. The van der Waals surface area contributed by atoms with Crippen LogP contribution in [-0.4, -0.2) is 18.7 Å². The van der Waals surface area contributed by atoms with Gasteiger partial charge in [0.15, 0.2) is 0 Å². The lowest BCUT2D eigenvalue weighted by Crippen LogP contribution is -2.33. The van der Waals surface area contributed by atoms with E-state index in [0.29, 0.717) is 6.61 Å². The zero-order valence-corrected chi connectivity index (χ0v) is 14.7. The van der Waals surface area contributed by atoms with Crippen molar-refractivity contribution in [2.45, 2.75) is 38.1 Å². The van der Waals surface area contributed by atoms with Crippen molar-refractivity contribution >= 4 is 6.09 Å². The average molecular weight is 335 g/mol. The van der Waals surface area contributed by atoms with Crippen LogP contribution in [0.15, 0.2) is 61.2 Å². The Labute approximate surface area is 149 Å². The predicted octanol–water partition coefficient (Wildman–Crippen LogP) is 5.27. The summed E-state index contributed by atoms with van der Waals surface area (Å²) in [7, 11) is 0. The van der Waals surface area contributed by atoms with E-state index in [-0.39, 0.29) is 18.1 Å². The van der Waals surface area contributed by atoms with Gasteiger partial charge in [-0.15, -0.1) is 6.58 Å². The fourth-order valence-corrected chi connectivity index (χ4v) is 3.48. The Bertz CT molecular complexity index is 708. The van der Waals surface area contributed by atoms with Gasteiger partial charge < -0.3 is 10.1 Å². The molecular weight excluding hydrogens is 310 g/mol. The van der Waals surface area contributed by atoms with Crippen molar-refractivity contribution in [1.82, 2.24) is 5.32 Å². The lowest BCUT2D eigenvalue weighted by Gasteiger charge is -2.17. The first kappa shape index (κ1) is 17.3. The summed E-state index contributed by atoms with van der Waals surface area (Å²) in [4.78, 5) is 12.1. The normalized spacial score (nSPS) is 13.6. The highest BCUT2D eigenvalue weighted by Crippen LogP contribution is 2.44. The van der Waals surface area contributed by atoms with Crippen LogP contribution in [0.4, 0.5) is 4.79 Å². The van der Waals surface area contributed by atoms with E-state index in [1.807, 2.05) is 25.1 Å². The van der Waals surface area contributed by atoms with Gasteiger partial charge >= 0.3 is 6.09 Å². The summed E-state index contributed by atoms with van der Waals surface area (Å²) in [5.74, 6) is 0.106. The molecule has 0 aromatic heterocycles. The Hall–Kier alpha value is -2.55. The van der Waals surface area contributed by atoms with Crippen molar-refractivity contribution < 1.29 is 9.53 Å². The number of benzene rings is 2. The van der Waals surface area contributed by atoms with Crippen molar-refractivity contribution in [2.24, 2.45) is 0 Å². The standard InChI is InChI=1S/C22H25NO2/c1-3-4-5-10-16(2)23-22(24)25-15-21-19-13-8-6-11-17(19)18-12-7-9-14-20(18)21/h3,6-9,11-14,16,21H,1,4-5,10,15H2,2H3,(H,23,24). The van der Waals surface area contributed by atoms with E-state index < -0.39 is 0 Å². The average Bonchev–Trinajstić information content (AvgIpc) is 2.94. The highest BCUT2D eigenvalue weighted by Gasteiger charge is 2.29. The van der Waals surface area contributed by atoms with Crippen molar-refractivity contribution in [1.29, 1.82) is 0 Å². The number of alkyl carbamates (subject to hydrolysis) is 1. The largest absolute Gasteiger partial charge is 0.449 e. The second-order valence-corrected chi connectivity index (χ2v) is 6.59. The monoisotopic (exact) mass is 335 g/mol. The van der Waals surface area contributed by atoms with Gasteiger partial charge in [0.2, 0.25) is 0 Å². The Balaban J connectivity index is 1.62. The molecular formula is C22H25NO2. The Morgan fingerprint density at radius 3 is 2.36 bits per heavy atom. The number of nitrogens with one attached hydrogen (secondary N) is 1. The number of carbonyl (C=O) groups excluding carboxylic acids is 1. The third-order valence-electron chi connectivity index (χ3n) is 4.75. The topological polar surface area (TPSA) is 38.3 Å². The molecule has 1 aliphatic carbocycles. The minimum absolute atomic E-state index is 0.106. The third kappa shape index (κ3) is 3.93. The van der Waals surface area contributed by atoms with E-state index in [2.05, 4.69) is 48.3 Å². The maximum atomic E-state index is 12.1. The zero-order chi connectivity index (χ0) is 17.6. The maximum absolute atomic E-state index is 12.1. The maximum Gasteiger partial charge on any atom is 0.407 e. The molecule has 2 aromatic carbocycles. The summed E-state index contributed by atoms with van der Waals surface area (Å²) < 4.78 is 5.55. The molecule has 0 saturated carbocycles. The van der Waals surface area contributed by atoms with Crippen LogP contribution in [0.25, 0.3) is 11.1 Å². The summed E-state index contributed by atoms with van der Waals surface area (Å²) in [6.45, 7) is 6.08. The zero-order valence-electron chi connectivity index (χ0n) is 14.7. The van der Waals surface area contributed by atoms with Gasteiger partial charge in [0.05, 0.1) is 0 Å². The molecule has 0 saturated heterocycles. The first-order chi connectivity index (χ1) is 12.2. The number of allylic oxidation sites excluding steroid dienone is 1. The molecule has 0 aliphatic heterocycles. The van der Waals surface area contributed by atoms with Crippen molar-refractivity contribution in [2.75, 3.05) is 6.61 Å². The number of hydrogen-bond donors (Lipinski definition) is 1. The van der Waals surface area contributed by atoms with E-state index in [1.54, 1.807) is 0 Å². The van der Waals surface area contributed by atoms with Crippen LogP contribution in [-0.2, 0) is 4.74 Å². The van der Waals surface area contributed by atoms with Gasteiger partial charge in [0.25, 0.3) is 0 Å². The number of rotatable bonds is 7. The summed E-state index contributed by atoms with van der Waals surface area (Å²) in [5, 5.41) is 2.92. The van der Waals surface area contributed by atoms with Crippen LogP contribution < -0.4 is 5.32 Å². The molecule has 25 heavy (non-hydrogen) atoms. The fraction of sp³-hybridized carbons (Fsp3) is 0.318. The quantitative estimate of drug-likeness (QED) is 0.553. The summed E-state index contributed by atoms with van der Waals surface area (Å²) in [6.07, 6.45) is 4.48. The van der Waals surface area contributed by atoms with E-state index in [1.165, 1.54) is 22.3 Å². The van der Waals surface area contributed by atoms with Gasteiger partial charge in [-0.2, -0.15) is 0 Å². The van der Waals surface area contributed by atoms with E-state index in [4.69, 9.17) is 4.74 Å². The molecule has 0 bridgehead atoms. The highest BCUT2D eigenvalue weighted by molar-refractivity contribution is 5.79. The molecule has 1 unspecified atom stereocenters. The molecule has 1 atom stereocenters. The summed E-state index contributed by atoms with van der Waals surface area (Å²) >= 11 is 0. The molecule has 0 radical (unpaired) electrons. The van der Waals surface area contributed by atoms with Crippen LogP contribution in [0.3, 0.4) is 0 Å².